The van der Waals surface area contributed by atoms with Crippen molar-refractivity contribution in [2.24, 2.45) is 10.9 Å². The van der Waals surface area contributed by atoms with Crippen LogP contribution in [0.3, 0.4) is 0 Å². The molecule has 0 aromatic carbocycles. The van der Waals surface area contributed by atoms with E-state index >= 15 is 0 Å². The number of aliphatic imine (C=N–C) groups is 1. The van der Waals surface area contributed by atoms with Gasteiger partial charge in [-0.1, -0.05) is 0 Å². The standard InChI is InChI=1S/C20H34N4O2.HI/c1-3-22-20(24-11-6-19-5-10-21-15-17(19)2)23-9-4-12-26-16-18-7-13-25-14-8-18;/h5,10,15,18H,3-4,6-9,11-14,16H2,1-2H3,(H2,22,23,24);1H. The van der Waals surface area contributed by atoms with Crippen LogP contribution in [0.15, 0.2) is 23.5 Å². The fourth-order valence-corrected chi connectivity index (χ4v) is 2.96. The minimum absolute atomic E-state index is 0. The van der Waals surface area contributed by atoms with Gasteiger partial charge >= 0.3 is 0 Å². The van der Waals surface area contributed by atoms with Crippen molar-refractivity contribution in [2.45, 2.75) is 39.5 Å². The van der Waals surface area contributed by atoms with Crippen LogP contribution in [0, 0.1) is 12.8 Å². The zero-order valence-corrected chi connectivity index (χ0v) is 19.0. The lowest BCUT2D eigenvalue weighted by molar-refractivity contribution is 0.0205. The van der Waals surface area contributed by atoms with Crippen LogP contribution in [0.4, 0.5) is 0 Å². The van der Waals surface area contributed by atoms with Gasteiger partial charge < -0.3 is 20.1 Å². The molecule has 27 heavy (non-hydrogen) atoms. The summed E-state index contributed by atoms with van der Waals surface area (Å²) in [5.41, 5.74) is 2.56. The van der Waals surface area contributed by atoms with E-state index in [0.29, 0.717) is 5.92 Å². The third-order valence-corrected chi connectivity index (χ3v) is 4.58. The van der Waals surface area contributed by atoms with E-state index in [4.69, 9.17) is 9.47 Å². The Morgan fingerprint density at radius 1 is 1.33 bits per heavy atom. The lowest BCUT2D eigenvalue weighted by Crippen LogP contribution is -2.38. The van der Waals surface area contributed by atoms with Crippen molar-refractivity contribution in [1.82, 2.24) is 15.6 Å². The number of halogens is 1. The van der Waals surface area contributed by atoms with E-state index in [9.17, 15) is 0 Å². The van der Waals surface area contributed by atoms with Crippen LogP contribution in [0.1, 0.15) is 37.3 Å². The first-order chi connectivity index (χ1) is 12.8. The highest BCUT2D eigenvalue weighted by molar-refractivity contribution is 14.0. The van der Waals surface area contributed by atoms with Gasteiger partial charge in [0, 0.05) is 58.5 Å². The molecule has 0 spiro atoms. The van der Waals surface area contributed by atoms with Crippen LogP contribution < -0.4 is 10.6 Å². The largest absolute Gasteiger partial charge is 0.381 e. The first-order valence-corrected chi connectivity index (χ1v) is 9.86. The van der Waals surface area contributed by atoms with Gasteiger partial charge in [0.1, 0.15) is 0 Å². The first-order valence-electron chi connectivity index (χ1n) is 9.86. The summed E-state index contributed by atoms with van der Waals surface area (Å²) in [5.74, 6) is 1.55. The Bertz CT molecular complexity index is 536. The number of hydrogen-bond donors (Lipinski definition) is 2. The first kappa shape index (κ1) is 24.1. The van der Waals surface area contributed by atoms with Crippen LogP contribution in [-0.2, 0) is 15.9 Å². The van der Waals surface area contributed by atoms with Crippen molar-refractivity contribution >= 4 is 29.9 Å². The average Bonchev–Trinajstić information content (AvgIpc) is 2.67. The summed E-state index contributed by atoms with van der Waals surface area (Å²) < 4.78 is 11.2. The molecule has 0 unspecified atom stereocenters. The maximum atomic E-state index is 5.80. The minimum Gasteiger partial charge on any atom is -0.381 e. The molecule has 1 fully saturated rings. The Kier molecular flexibility index (Phi) is 13.4. The van der Waals surface area contributed by atoms with Crippen LogP contribution in [0.5, 0.6) is 0 Å². The van der Waals surface area contributed by atoms with Crippen LogP contribution >= 0.6 is 24.0 Å². The molecule has 0 bridgehead atoms. The number of guanidine groups is 1. The summed E-state index contributed by atoms with van der Waals surface area (Å²) in [4.78, 5) is 8.77. The molecule has 0 saturated carbocycles. The normalized spacial score (nSPS) is 15.3. The smallest absolute Gasteiger partial charge is 0.191 e. The van der Waals surface area contributed by atoms with E-state index in [1.165, 1.54) is 11.1 Å². The minimum atomic E-state index is 0. The number of ether oxygens (including phenoxy) is 2. The SMILES string of the molecule is CCNC(=NCCCOCC1CCOCC1)NCCc1ccncc1C.I. The van der Waals surface area contributed by atoms with Crippen molar-refractivity contribution in [3.8, 4) is 0 Å². The van der Waals surface area contributed by atoms with Crippen molar-refractivity contribution in [3.05, 3.63) is 29.6 Å². The van der Waals surface area contributed by atoms with Crippen molar-refractivity contribution in [2.75, 3.05) is 46.1 Å². The Labute approximate surface area is 180 Å². The van der Waals surface area contributed by atoms with Crippen molar-refractivity contribution in [3.63, 3.8) is 0 Å². The number of nitrogens with zero attached hydrogens (tertiary/aromatic N) is 2. The van der Waals surface area contributed by atoms with Gasteiger partial charge in [0.2, 0.25) is 0 Å². The van der Waals surface area contributed by atoms with Crippen LogP contribution in [0.25, 0.3) is 0 Å². The molecular formula is C20H35IN4O2. The Morgan fingerprint density at radius 2 is 2.15 bits per heavy atom. The fourth-order valence-electron chi connectivity index (χ4n) is 2.96. The summed E-state index contributed by atoms with van der Waals surface area (Å²) in [7, 11) is 0. The molecule has 154 valence electrons. The Hall–Kier alpha value is -0.930. The molecule has 7 heteroatoms. The fraction of sp³-hybridized carbons (Fsp3) is 0.700. The third-order valence-electron chi connectivity index (χ3n) is 4.58. The van der Waals surface area contributed by atoms with E-state index in [2.05, 4.69) is 40.5 Å². The van der Waals surface area contributed by atoms with Gasteiger partial charge in [0.15, 0.2) is 5.96 Å². The van der Waals surface area contributed by atoms with E-state index < -0.39 is 0 Å². The number of aromatic nitrogens is 1. The molecule has 2 heterocycles. The summed E-state index contributed by atoms with van der Waals surface area (Å²) in [5, 5.41) is 6.70. The van der Waals surface area contributed by atoms with Crippen molar-refractivity contribution in [1.29, 1.82) is 0 Å². The number of rotatable bonds is 10. The molecule has 1 aliphatic rings. The predicted molar refractivity (Wildman–Crippen MR) is 121 cm³/mol. The number of hydrogen-bond acceptors (Lipinski definition) is 4. The maximum absolute atomic E-state index is 5.80. The quantitative estimate of drug-likeness (QED) is 0.229. The zero-order valence-electron chi connectivity index (χ0n) is 16.7. The van der Waals surface area contributed by atoms with Crippen LogP contribution in [0.2, 0.25) is 0 Å². The second kappa shape index (κ2) is 15.0. The second-order valence-corrected chi connectivity index (χ2v) is 6.72. The monoisotopic (exact) mass is 490 g/mol. The van der Waals surface area contributed by atoms with Gasteiger partial charge in [-0.2, -0.15) is 0 Å². The van der Waals surface area contributed by atoms with Crippen molar-refractivity contribution < 1.29 is 9.47 Å². The number of aryl methyl sites for hydroxylation is 1. The molecule has 2 N–H and O–H groups in total. The Balaban J connectivity index is 0.00000364. The number of pyridine rings is 1. The summed E-state index contributed by atoms with van der Waals surface area (Å²) >= 11 is 0. The van der Waals surface area contributed by atoms with E-state index in [1.807, 2.05) is 12.4 Å². The molecule has 0 amide bonds. The van der Waals surface area contributed by atoms with E-state index in [0.717, 1.165) is 77.7 Å². The summed E-state index contributed by atoms with van der Waals surface area (Å²) in [6.45, 7) is 10.1. The Morgan fingerprint density at radius 3 is 2.89 bits per heavy atom. The lowest BCUT2D eigenvalue weighted by atomic mass is 10.0. The van der Waals surface area contributed by atoms with Gasteiger partial charge in [-0.25, -0.2) is 0 Å². The van der Waals surface area contributed by atoms with Gasteiger partial charge in [0.25, 0.3) is 0 Å². The number of nitrogens with one attached hydrogen (secondary N) is 2. The third kappa shape index (κ3) is 10.3. The summed E-state index contributed by atoms with van der Waals surface area (Å²) in [6.07, 6.45) is 7.93. The van der Waals surface area contributed by atoms with Gasteiger partial charge in [-0.15, -0.1) is 24.0 Å². The van der Waals surface area contributed by atoms with E-state index in [1.54, 1.807) is 0 Å². The predicted octanol–water partition coefficient (Wildman–Crippen LogP) is 2.94. The molecular weight excluding hydrogens is 455 g/mol. The zero-order chi connectivity index (χ0) is 18.5. The van der Waals surface area contributed by atoms with Gasteiger partial charge in [-0.05, 0) is 62.6 Å². The van der Waals surface area contributed by atoms with Gasteiger partial charge in [0.05, 0.1) is 0 Å². The highest BCUT2D eigenvalue weighted by atomic mass is 127. The molecule has 0 radical (unpaired) electrons. The second-order valence-electron chi connectivity index (χ2n) is 6.72. The molecule has 1 saturated heterocycles. The molecule has 0 atom stereocenters. The molecule has 1 aliphatic heterocycles. The highest BCUT2D eigenvalue weighted by Crippen LogP contribution is 2.14. The molecule has 2 rings (SSSR count). The lowest BCUT2D eigenvalue weighted by Gasteiger charge is -2.21. The maximum Gasteiger partial charge on any atom is 0.191 e. The average molecular weight is 490 g/mol. The van der Waals surface area contributed by atoms with Gasteiger partial charge in [-0.3, -0.25) is 9.98 Å². The van der Waals surface area contributed by atoms with Crippen LogP contribution in [-0.4, -0.2) is 57.0 Å². The topological polar surface area (TPSA) is 67.8 Å². The highest BCUT2D eigenvalue weighted by Gasteiger charge is 2.13. The molecule has 0 aliphatic carbocycles. The molecule has 1 aromatic heterocycles. The molecule has 1 aromatic rings. The summed E-state index contributed by atoms with van der Waals surface area (Å²) in [6, 6.07) is 2.08. The van der Waals surface area contributed by atoms with E-state index in [-0.39, 0.29) is 24.0 Å². The molecule has 6 nitrogen and oxygen atoms in total.